The van der Waals surface area contributed by atoms with Crippen molar-refractivity contribution in [1.82, 2.24) is 20.2 Å². The topological polar surface area (TPSA) is 61.4 Å². The van der Waals surface area contributed by atoms with Crippen LogP contribution in [0.4, 0.5) is 5.13 Å². The molecule has 132 valence electrons. The number of hydrogen-bond acceptors (Lipinski definition) is 6. The van der Waals surface area contributed by atoms with Gasteiger partial charge in [0.25, 0.3) is 0 Å². The molecule has 1 N–H and O–H groups in total. The maximum Gasteiger partial charge on any atom is 0.225 e. The van der Waals surface area contributed by atoms with Gasteiger partial charge in [0.15, 0.2) is 5.13 Å². The number of rotatable bonds is 5. The molecule has 7 heteroatoms. The molecule has 2 fully saturated rings. The van der Waals surface area contributed by atoms with E-state index in [0.717, 1.165) is 49.8 Å². The largest absolute Gasteiger partial charge is 0.314 e. The van der Waals surface area contributed by atoms with E-state index >= 15 is 0 Å². The van der Waals surface area contributed by atoms with Crippen LogP contribution < -0.4 is 10.2 Å². The van der Waals surface area contributed by atoms with Crippen LogP contribution in [0.15, 0.2) is 29.9 Å². The number of thiazole rings is 1. The minimum atomic E-state index is 0.0974. The molecule has 3 heterocycles. The molecule has 25 heavy (non-hydrogen) atoms. The Morgan fingerprint density at radius 2 is 2.20 bits per heavy atom. The lowest BCUT2D eigenvalue weighted by Crippen LogP contribution is -2.45. The standard InChI is InChI=1S/C18H23N5OS/c1-13(24)23(16-2-3-16)18-21-15(12-25-18)11-22-9-8-20-10-17(22)14-4-6-19-7-5-14/h4-7,12,16-17,20H,2-3,8-11H2,1H3. The maximum atomic E-state index is 11.9. The van der Waals surface area contributed by atoms with Gasteiger partial charge >= 0.3 is 0 Å². The number of piperazine rings is 1. The molecule has 0 radical (unpaired) electrons. The van der Waals surface area contributed by atoms with Crippen molar-refractivity contribution < 1.29 is 4.79 Å². The quantitative estimate of drug-likeness (QED) is 0.889. The molecule has 0 aromatic carbocycles. The summed E-state index contributed by atoms with van der Waals surface area (Å²) in [7, 11) is 0. The Kier molecular flexibility index (Phi) is 4.78. The van der Waals surface area contributed by atoms with Gasteiger partial charge in [-0.3, -0.25) is 19.6 Å². The highest BCUT2D eigenvalue weighted by Gasteiger charge is 2.34. The Bertz CT molecular complexity index is 730. The lowest BCUT2D eigenvalue weighted by atomic mass is 10.0. The first-order valence-electron chi connectivity index (χ1n) is 8.81. The lowest BCUT2D eigenvalue weighted by Gasteiger charge is -2.36. The molecule has 1 unspecified atom stereocenters. The summed E-state index contributed by atoms with van der Waals surface area (Å²) >= 11 is 1.58. The van der Waals surface area contributed by atoms with E-state index in [2.05, 4.69) is 32.7 Å². The van der Waals surface area contributed by atoms with Gasteiger partial charge in [-0.1, -0.05) is 0 Å². The Balaban J connectivity index is 1.50. The second-order valence-corrected chi connectivity index (χ2v) is 7.55. The second-order valence-electron chi connectivity index (χ2n) is 6.71. The molecule has 0 bridgehead atoms. The summed E-state index contributed by atoms with van der Waals surface area (Å²) in [6.07, 6.45) is 5.89. The molecule has 1 aliphatic carbocycles. The van der Waals surface area contributed by atoms with E-state index in [4.69, 9.17) is 4.98 Å². The van der Waals surface area contributed by atoms with Crippen molar-refractivity contribution in [3.63, 3.8) is 0 Å². The maximum absolute atomic E-state index is 11.9. The molecule has 1 amide bonds. The van der Waals surface area contributed by atoms with E-state index in [1.165, 1.54) is 5.56 Å². The van der Waals surface area contributed by atoms with Crippen LogP contribution in [0.3, 0.4) is 0 Å². The molecule has 2 aliphatic rings. The Labute approximate surface area is 151 Å². The van der Waals surface area contributed by atoms with Gasteiger partial charge in [0.2, 0.25) is 5.91 Å². The normalized spacial score (nSPS) is 21.2. The number of hydrogen-bond donors (Lipinski definition) is 1. The molecule has 1 atom stereocenters. The smallest absolute Gasteiger partial charge is 0.225 e. The first-order valence-corrected chi connectivity index (χ1v) is 9.69. The fourth-order valence-corrected chi connectivity index (χ4v) is 4.35. The van der Waals surface area contributed by atoms with Crippen LogP contribution in [0, 0.1) is 0 Å². The molecule has 0 spiro atoms. The Morgan fingerprint density at radius 3 is 2.92 bits per heavy atom. The van der Waals surface area contributed by atoms with Gasteiger partial charge in [0.1, 0.15) is 0 Å². The number of carbonyl (C=O) groups is 1. The minimum absolute atomic E-state index is 0.0974. The van der Waals surface area contributed by atoms with Crippen LogP contribution in [-0.4, -0.2) is 46.5 Å². The third kappa shape index (κ3) is 3.73. The van der Waals surface area contributed by atoms with Crippen molar-refractivity contribution in [3.05, 3.63) is 41.2 Å². The van der Waals surface area contributed by atoms with Crippen LogP contribution in [0.2, 0.25) is 0 Å². The molecule has 2 aromatic heterocycles. The van der Waals surface area contributed by atoms with Gasteiger partial charge < -0.3 is 5.32 Å². The summed E-state index contributed by atoms with van der Waals surface area (Å²) in [6, 6.07) is 4.86. The molecule has 1 saturated carbocycles. The molecule has 1 aliphatic heterocycles. The first kappa shape index (κ1) is 16.6. The zero-order valence-corrected chi connectivity index (χ0v) is 15.2. The van der Waals surface area contributed by atoms with Gasteiger partial charge in [-0.15, -0.1) is 11.3 Å². The highest BCUT2D eigenvalue weighted by atomic mass is 32.1. The van der Waals surface area contributed by atoms with E-state index in [0.29, 0.717) is 12.1 Å². The van der Waals surface area contributed by atoms with Gasteiger partial charge in [-0.25, -0.2) is 4.98 Å². The van der Waals surface area contributed by atoms with Gasteiger partial charge in [-0.2, -0.15) is 0 Å². The summed E-state index contributed by atoms with van der Waals surface area (Å²) in [5, 5.41) is 6.42. The zero-order chi connectivity index (χ0) is 17.2. The molecule has 6 nitrogen and oxygen atoms in total. The second kappa shape index (κ2) is 7.19. The Hall–Kier alpha value is -1.83. The molecule has 1 saturated heterocycles. The minimum Gasteiger partial charge on any atom is -0.314 e. The predicted molar refractivity (Wildman–Crippen MR) is 98.6 cm³/mol. The average molecular weight is 357 g/mol. The van der Waals surface area contributed by atoms with Crippen LogP contribution in [0.1, 0.15) is 37.1 Å². The first-order chi connectivity index (χ1) is 12.2. The van der Waals surface area contributed by atoms with Gasteiger partial charge in [-0.05, 0) is 30.5 Å². The average Bonchev–Trinajstić information content (AvgIpc) is 3.35. The van der Waals surface area contributed by atoms with Crippen molar-refractivity contribution in [2.24, 2.45) is 0 Å². The van der Waals surface area contributed by atoms with E-state index in [9.17, 15) is 4.79 Å². The third-order valence-electron chi connectivity index (χ3n) is 4.81. The number of nitrogens with one attached hydrogen (secondary N) is 1. The summed E-state index contributed by atoms with van der Waals surface area (Å²) in [5.74, 6) is 0.0974. The highest BCUT2D eigenvalue weighted by Crippen LogP contribution is 2.34. The van der Waals surface area contributed by atoms with E-state index in [1.807, 2.05) is 17.3 Å². The number of pyridine rings is 1. The van der Waals surface area contributed by atoms with Crippen molar-refractivity contribution >= 4 is 22.4 Å². The number of anilines is 1. The molecular formula is C18H23N5OS. The zero-order valence-electron chi connectivity index (χ0n) is 14.4. The summed E-state index contributed by atoms with van der Waals surface area (Å²) < 4.78 is 0. The van der Waals surface area contributed by atoms with Crippen LogP contribution >= 0.6 is 11.3 Å². The van der Waals surface area contributed by atoms with Crippen LogP contribution in [0.25, 0.3) is 0 Å². The van der Waals surface area contributed by atoms with Crippen LogP contribution in [0.5, 0.6) is 0 Å². The van der Waals surface area contributed by atoms with E-state index in [-0.39, 0.29) is 5.91 Å². The molecular weight excluding hydrogens is 334 g/mol. The lowest BCUT2D eigenvalue weighted by molar-refractivity contribution is -0.116. The summed E-state index contributed by atoms with van der Waals surface area (Å²) in [6.45, 7) is 5.35. The molecule has 2 aromatic rings. The summed E-state index contributed by atoms with van der Waals surface area (Å²) in [5.41, 5.74) is 2.33. The van der Waals surface area contributed by atoms with Gasteiger partial charge in [0, 0.05) is 63.0 Å². The fourth-order valence-electron chi connectivity index (χ4n) is 3.42. The van der Waals surface area contributed by atoms with Crippen molar-refractivity contribution in [2.75, 3.05) is 24.5 Å². The number of amides is 1. The van der Waals surface area contributed by atoms with Gasteiger partial charge in [0.05, 0.1) is 5.69 Å². The number of nitrogens with zero attached hydrogens (tertiary/aromatic N) is 4. The van der Waals surface area contributed by atoms with Crippen molar-refractivity contribution in [2.45, 2.75) is 38.4 Å². The number of aromatic nitrogens is 2. The van der Waals surface area contributed by atoms with Crippen molar-refractivity contribution in [1.29, 1.82) is 0 Å². The van der Waals surface area contributed by atoms with E-state index < -0.39 is 0 Å². The highest BCUT2D eigenvalue weighted by molar-refractivity contribution is 7.14. The SMILES string of the molecule is CC(=O)N(c1nc(CN2CCNCC2c2ccncc2)cs1)C1CC1. The van der Waals surface area contributed by atoms with Crippen LogP contribution in [-0.2, 0) is 11.3 Å². The molecule has 4 rings (SSSR count). The predicted octanol–water partition coefficient (Wildman–Crippen LogP) is 2.20. The Morgan fingerprint density at radius 1 is 1.40 bits per heavy atom. The monoisotopic (exact) mass is 357 g/mol. The fraction of sp³-hybridized carbons (Fsp3) is 0.500. The van der Waals surface area contributed by atoms with E-state index in [1.54, 1.807) is 18.3 Å². The summed E-state index contributed by atoms with van der Waals surface area (Å²) in [4.78, 5) is 25.1. The third-order valence-corrected chi connectivity index (χ3v) is 5.70. The number of carbonyl (C=O) groups excluding carboxylic acids is 1. The van der Waals surface area contributed by atoms with Crippen molar-refractivity contribution in [3.8, 4) is 0 Å².